The maximum atomic E-state index is 5.96. The first-order valence-corrected chi connectivity index (χ1v) is 7.04. The average Bonchev–Trinajstić information content (AvgIpc) is 2.46. The van der Waals surface area contributed by atoms with Crippen molar-refractivity contribution < 1.29 is 9.47 Å². The highest BCUT2D eigenvalue weighted by Gasteiger charge is 2.23. The Morgan fingerprint density at radius 1 is 1.37 bits per heavy atom. The summed E-state index contributed by atoms with van der Waals surface area (Å²) in [6.07, 6.45) is 8.22. The predicted octanol–water partition coefficient (Wildman–Crippen LogP) is 3.01. The van der Waals surface area contributed by atoms with Crippen LogP contribution in [0, 0.1) is 11.8 Å². The lowest BCUT2D eigenvalue weighted by atomic mass is 9.95. The van der Waals surface area contributed by atoms with Crippen LogP contribution in [0.3, 0.4) is 0 Å². The number of aromatic nitrogens is 1. The SMILES string of the molecule is COC1CCCC(Oc2cncc(C#CCCl)c2)C1. The molecule has 19 heavy (non-hydrogen) atoms. The van der Waals surface area contributed by atoms with Crippen LogP contribution >= 0.6 is 11.6 Å². The van der Waals surface area contributed by atoms with Crippen molar-refractivity contribution in [2.75, 3.05) is 13.0 Å². The Kier molecular flexibility index (Phi) is 5.50. The topological polar surface area (TPSA) is 31.4 Å². The standard InChI is InChI=1S/C15H18ClNO2/c1-18-13-5-2-6-14(9-13)19-15-8-12(4-3-7-16)10-17-11-15/h8,10-11,13-14H,2,5-7,9H2,1H3. The minimum Gasteiger partial charge on any atom is -0.489 e. The third kappa shape index (κ3) is 4.41. The van der Waals surface area contributed by atoms with E-state index in [2.05, 4.69) is 16.8 Å². The Bertz CT molecular complexity index is 467. The number of hydrogen-bond acceptors (Lipinski definition) is 3. The molecule has 0 aliphatic heterocycles. The van der Waals surface area contributed by atoms with Gasteiger partial charge in [-0.2, -0.15) is 0 Å². The van der Waals surface area contributed by atoms with Gasteiger partial charge in [0.05, 0.1) is 18.2 Å². The summed E-state index contributed by atoms with van der Waals surface area (Å²) in [4.78, 5) is 4.14. The van der Waals surface area contributed by atoms with Crippen molar-refractivity contribution in [1.82, 2.24) is 4.98 Å². The van der Waals surface area contributed by atoms with E-state index in [0.717, 1.165) is 37.0 Å². The summed E-state index contributed by atoms with van der Waals surface area (Å²) < 4.78 is 11.4. The van der Waals surface area contributed by atoms with Gasteiger partial charge in [-0.1, -0.05) is 11.8 Å². The van der Waals surface area contributed by atoms with E-state index in [1.807, 2.05) is 6.07 Å². The molecule has 102 valence electrons. The van der Waals surface area contributed by atoms with Crippen molar-refractivity contribution in [2.24, 2.45) is 0 Å². The van der Waals surface area contributed by atoms with E-state index >= 15 is 0 Å². The lowest BCUT2D eigenvalue weighted by Gasteiger charge is -2.28. The number of alkyl halides is 1. The Balaban J connectivity index is 1.98. The molecule has 4 heteroatoms. The fourth-order valence-corrected chi connectivity index (χ4v) is 2.37. The molecule has 0 saturated heterocycles. The Hall–Kier alpha value is -1.24. The Morgan fingerprint density at radius 3 is 3.00 bits per heavy atom. The van der Waals surface area contributed by atoms with E-state index in [-0.39, 0.29) is 6.10 Å². The van der Waals surface area contributed by atoms with Crippen LogP contribution in [0.5, 0.6) is 5.75 Å². The smallest absolute Gasteiger partial charge is 0.139 e. The number of hydrogen-bond donors (Lipinski definition) is 0. The first-order chi connectivity index (χ1) is 9.31. The summed E-state index contributed by atoms with van der Waals surface area (Å²) in [7, 11) is 1.76. The van der Waals surface area contributed by atoms with Crippen molar-refractivity contribution in [1.29, 1.82) is 0 Å². The average molecular weight is 280 g/mol. The van der Waals surface area contributed by atoms with E-state index < -0.39 is 0 Å². The predicted molar refractivity (Wildman–Crippen MR) is 75.5 cm³/mol. The molecule has 0 spiro atoms. The van der Waals surface area contributed by atoms with Gasteiger partial charge >= 0.3 is 0 Å². The number of ether oxygens (including phenoxy) is 2. The summed E-state index contributed by atoms with van der Waals surface area (Å²) >= 11 is 5.54. The van der Waals surface area contributed by atoms with Crippen molar-refractivity contribution in [3.8, 4) is 17.6 Å². The Labute approximate surface area is 119 Å². The molecule has 1 aromatic heterocycles. The monoisotopic (exact) mass is 279 g/mol. The zero-order chi connectivity index (χ0) is 13.5. The minimum absolute atomic E-state index is 0.205. The highest BCUT2D eigenvalue weighted by atomic mass is 35.5. The van der Waals surface area contributed by atoms with Crippen LogP contribution in [0.1, 0.15) is 31.2 Å². The molecule has 0 amide bonds. The minimum atomic E-state index is 0.205. The molecule has 1 aromatic rings. The third-order valence-electron chi connectivity index (χ3n) is 3.23. The summed E-state index contributed by atoms with van der Waals surface area (Å²) in [5.74, 6) is 6.84. The first kappa shape index (κ1) is 14.2. The third-order valence-corrected chi connectivity index (χ3v) is 3.36. The molecule has 0 bridgehead atoms. The Morgan fingerprint density at radius 2 is 2.21 bits per heavy atom. The zero-order valence-corrected chi connectivity index (χ0v) is 11.8. The van der Waals surface area contributed by atoms with E-state index in [4.69, 9.17) is 21.1 Å². The highest BCUT2D eigenvalue weighted by molar-refractivity contribution is 6.19. The molecule has 1 aliphatic carbocycles. The van der Waals surface area contributed by atoms with Gasteiger partial charge in [-0.15, -0.1) is 11.6 Å². The molecule has 0 aromatic carbocycles. The van der Waals surface area contributed by atoms with E-state index in [1.54, 1.807) is 19.5 Å². The van der Waals surface area contributed by atoms with Gasteiger partial charge in [-0.05, 0) is 25.3 Å². The van der Waals surface area contributed by atoms with Crippen molar-refractivity contribution >= 4 is 11.6 Å². The van der Waals surface area contributed by atoms with Crippen LogP contribution in [0.25, 0.3) is 0 Å². The van der Waals surface area contributed by atoms with Gasteiger partial charge in [0.2, 0.25) is 0 Å². The van der Waals surface area contributed by atoms with E-state index in [0.29, 0.717) is 12.0 Å². The van der Waals surface area contributed by atoms with Gasteiger partial charge in [0.1, 0.15) is 11.9 Å². The molecule has 0 N–H and O–H groups in total. The fraction of sp³-hybridized carbons (Fsp3) is 0.533. The zero-order valence-electron chi connectivity index (χ0n) is 11.1. The summed E-state index contributed by atoms with van der Waals surface area (Å²) in [6.45, 7) is 0. The van der Waals surface area contributed by atoms with Gasteiger partial charge in [-0.25, -0.2) is 0 Å². The molecule has 1 fully saturated rings. The van der Waals surface area contributed by atoms with Crippen LogP contribution in [-0.2, 0) is 4.74 Å². The van der Waals surface area contributed by atoms with Crippen LogP contribution in [0.4, 0.5) is 0 Å². The largest absolute Gasteiger partial charge is 0.489 e. The molecule has 1 aliphatic rings. The van der Waals surface area contributed by atoms with Gasteiger partial charge in [0, 0.05) is 25.3 Å². The van der Waals surface area contributed by atoms with Crippen molar-refractivity contribution in [3.05, 3.63) is 24.0 Å². The molecular weight excluding hydrogens is 262 g/mol. The van der Waals surface area contributed by atoms with Crippen molar-refractivity contribution in [2.45, 2.75) is 37.9 Å². The summed E-state index contributed by atoms with van der Waals surface area (Å²) in [5, 5.41) is 0. The van der Waals surface area contributed by atoms with Gasteiger partial charge < -0.3 is 9.47 Å². The number of rotatable bonds is 3. The maximum Gasteiger partial charge on any atom is 0.139 e. The summed E-state index contributed by atoms with van der Waals surface area (Å²) in [6, 6.07) is 1.91. The first-order valence-electron chi connectivity index (χ1n) is 6.51. The van der Waals surface area contributed by atoms with E-state index in [9.17, 15) is 0 Å². The molecule has 2 atom stereocenters. The quantitative estimate of drug-likeness (QED) is 0.630. The molecule has 2 rings (SSSR count). The van der Waals surface area contributed by atoms with Crippen LogP contribution in [-0.4, -0.2) is 30.2 Å². The number of pyridine rings is 1. The normalized spacial score (nSPS) is 22.4. The molecule has 0 radical (unpaired) electrons. The fourth-order valence-electron chi connectivity index (χ4n) is 2.30. The highest BCUT2D eigenvalue weighted by Crippen LogP contribution is 2.25. The molecule has 3 nitrogen and oxygen atoms in total. The second kappa shape index (κ2) is 7.37. The van der Waals surface area contributed by atoms with Crippen molar-refractivity contribution in [3.63, 3.8) is 0 Å². The van der Waals surface area contributed by atoms with Gasteiger partial charge in [0.15, 0.2) is 0 Å². The number of methoxy groups -OCH3 is 1. The molecule has 1 heterocycles. The molecule has 2 unspecified atom stereocenters. The maximum absolute atomic E-state index is 5.96. The van der Waals surface area contributed by atoms with Gasteiger partial charge in [-0.3, -0.25) is 4.98 Å². The lowest BCUT2D eigenvalue weighted by Crippen LogP contribution is -2.29. The molecule has 1 saturated carbocycles. The number of halogens is 1. The second-order valence-corrected chi connectivity index (χ2v) is 4.88. The second-order valence-electron chi connectivity index (χ2n) is 4.61. The summed E-state index contributed by atoms with van der Waals surface area (Å²) in [5.41, 5.74) is 0.831. The van der Waals surface area contributed by atoms with Crippen LogP contribution < -0.4 is 4.74 Å². The lowest BCUT2D eigenvalue weighted by molar-refractivity contribution is 0.0208. The van der Waals surface area contributed by atoms with Gasteiger partial charge in [0.25, 0.3) is 0 Å². The van der Waals surface area contributed by atoms with Crippen LogP contribution in [0.2, 0.25) is 0 Å². The van der Waals surface area contributed by atoms with Crippen LogP contribution in [0.15, 0.2) is 18.5 Å². The number of nitrogens with zero attached hydrogens (tertiary/aromatic N) is 1. The molecular formula is C15H18ClNO2. The van der Waals surface area contributed by atoms with E-state index in [1.165, 1.54) is 0 Å².